The average Bonchev–Trinajstić information content (AvgIpc) is 2.89. The van der Waals surface area contributed by atoms with Crippen molar-refractivity contribution in [3.63, 3.8) is 0 Å². The van der Waals surface area contributed by atoms with Crippen LogP contribution in [0.15, 0.2) is 30.3 Å². The number of piperidine rings is 1. The zero-order valence-corrected chi connectivity index (χ0v) is 22.5. The minimum atomic E-state index is -0.299. The van der Waals surface area contributed by atoms with Crippen LogP contribution in [-0.2, 0) is 11.3 Å². The second kappa shape index (κ2) is 12.9. The molecule has 0 spiro atoms. The van der Waals surface area contributed by atoms with Crippen molar-refractivity contribution in [3.8, 4) is 28.7 Å². The number of benzene rings is 2. The fourth-order valence-electron chi connectivity index (χ4n) is 3.90. The van der Waals surface area contributed by atoms with Crippen LogP contribution in [-0.4, -0.2) is 78.7 Å². The van der Waals surface area contributed by atoms with Gasteiger partial charge >= 0.3 is 0 Å². The molecule has 3 rings (SSSR count). The maximum absolute atomic E-state index is 13.5. The quantitative estimate of drug-likeness (QED) is 0.464. The van der Waals surface area contributed by atoms with Gasteiger partial charge in [0, 0.05) is 25.2 Å². The second-order valence-corrected chi connectivity index (χ2v) is 9.75. The molecule has 0 unspecified atom stereocenters. The number of carbonyl (C=O) groups is 1. The van der Waals surface area contributed by atoms with E-state index < -0.39 is 0 Å². The lowest BCUT2D eigenvalue weighted by Crippen LogP contribution is -2.39. The Hall–Kier alpha value is -2.89. The monoisotopic (exact) mass is 536 g/mol. The molecule has 1 saturated heterocycles. The van der Waals surface area contributed by atoms with E-state index in [0.29, 0.717) is 64.5 Å². The number of amides is 1. The molecule has 1 aliphatic heterocycles. The number of likely N-dealkylation sites (tertiary alicyclic amines) is 1. The molecule has 1 amide bonds. The lowest BCUT2D eigenvalue weighted by atomic mass is 10.1. The number of hydrogen-bond donors (Lipinski definition) is 2. The zero-order chi connectivity index (χ0) is 26.2. The summed E-state index contributed by atoms with van der Waals surface area (Å²) in [5, 5.41) is 20.0. The van der Waals surface area contributed by atoms with Crippen molar-refractivity contribution in [2.75, 3.05) is 52.2 Å². The number of nitrogens with zero attached hydrogens (tertiary/aromatic N) is 2. The first-order valence-corrected chi connectivity index (χ1v) is 12.8. The van der Waals surface area contributed by atoms with Crippen LogP contribution < -0.4 is 23.8 Å². The number of rotatable bonds is 9. The van der Waals surface area contributed by atoms with Gasteiger partial charge in [-0.1, -0.05) is 30.0 Å². The van der Waals surface area contributed by atoms with Gasteiger partial charge in [-0.3, -0.25) is 4.79 Å². The van der Waals surface area contributed by atoms with Crippen molar-refractivity contribution < 1.29 is 34.0 Å². The molecule has 1 heterocycles. The third-order valence-electron chi connectivity index (χ3n) is 5.89. The van der Waals surface area contributed by atoms with Crippen LogP contribution in [0.25, 0.3) is 0 Å². The van der Waals surface area contributed by atoms with Crippen molar-refractivity contribution in [2.24, 2.45) is 0 Å². The minimum absolute atomic E-state index is 0.0184. The molecule has 0 saturated carbocycles. The van der Waals surface area contributed by atoms with Crippen molar-refractivity contribution in [1.82, 2.24) is 4.90 Å². The van der Waals surface area contributed by atoms with Crippen molar-refractivity contribution >= 4 is 39.9 Å². The number of aromatic hydroxyl groups is 1. The van der Waals surface area contributed by atoms with Gasteiger partial charge in [-0.05, 0) is 30.5 Å². The van der Waals surface area contributed by atoms with E-state index in [9.17, 15) is 15.0 Å². The van der Waals surface area contributed by atoms with Gasteiger partial charge in [0.05, 0.1) is 52.5 Å². The topological polar surface area (TPSA) is 101 Å². The van der Waals surface area contributed by atoms with E-state index in [4.69, 9.17) is 31.2 Å². The van der Waals surface area contributed by atoms with Gasteiger partial charge < -0.3 is 39.0 Å². The molecule has 11 heteroatoms. The molecule has 0 aliphatic carbocycles. The smallest absolute Gasteiger partial charge is 0.237 e. The molecule has 0 aromatic heterocycles. The number of aliphatic hydroxyl groups excluding tert-OH is 1. The summed E-state index contributed by atoms with van der Waals surface area (Å²) >= 11 is 6.84. The van der Waals surface area contributed by atoms with Crippen molar-refractivity contribution in [2.45, 2.75) is 25.5 Å². The molecule has 2 aromatic carbocycles. The number of phenols is 1. The van der Waals surface area contributed by atoms with E-state index in [1.54, 1.807) is 35.2 Å². The molecule has 0 radical (unpaired) electrons. The summed E-state index contributed by atoms with van der Waals surface area (Å²) in [4.78, 5) is 17.1. The molecule has 2 aromatic rings. The Balaban J connectivity index is 1.88. The number of anilines is 1. The summed E-state index contributed by atoms with van der Waals surface area (Å²) in [6.45, 7) is 1.52. The largest absolute Gasteiger partial charge is 0.504 e. The molecule has 1 fully saturated rings. The lowest BCUT2D eigenvalue weighted by molar-refractivity contribution is -0.116. The van der Waals surface area contributed by atoms with Crippen LogP contribution in [0.1, 0.15) is 18.4 Å². The van der Waals surface area contributed by atoms with E-state index in [2.05, 4.69) is 0 Å². The molecule has 1 aliphatic rings. The standard InChI is InChI=1S/C25H32N2O7S2/c1-31-20-6-5-16(11-19(20)29)14-27(17-12-21(32-2)24(34-4)22(13-17)33-3)23(30)15-36-25(35)26-9-7-18(28)8-10-26/h5-6,11-13,18,28-29H,7-10,14-15H2,1-4H3. The number of methoxy groups -OCH3 is 4. The van der Waals surface area contributed by atoms with Crippen LogP contribution in [0, 0.1) is 0 Å². The summed E-state index contributed by atoms with van der Waals surface area (Å²) in [6, 6.07) is 8.41. The van der Waals surface area contributed by atoms with Gasteiger partial charge in [0.25, 0.3) is 0 Å². The van der Waals surface area contributed by atoms with Crippen LogP contribution in [0.4, 0.5) is 5.69 Å². The summed E-state index contributed by atoms with van der Waals surface area (Å²) < 4.78 is 22.2. The number of ether oxygens (including phenoxy) is 4. The predicted octanol–water partition coefficient (Wildman–Crippen LogP) is 3.43. The first kappa shape index (κ1) is 27.7. The van der Waals surface area contributed by atoms with E-state index in [1.165, 1.54) is 40.2 Å². The molecule has 36 heavy (non-hydrogen) atoms. The Morgan fingerprint density at radius 1 is 1.03 bits per heavy atom. The van der Waals surface area contributed by atoms with Crippen molar-refractivity contribution in [3.05, 3.63) is 35.9 Å². The highest BCUT2D eigenvalue weighted by atomic mass is 32.2. The molecule has 0 atom stereocenters. The van der Waals surface area contributed by atoms with Gasteiger partial charge in [0.15, 0.2) is 23.0 Å². The highest BCUT2D eigenvalue weighted by molar-refractivity contribution is 8.23. The number of thioether (sulfide) groups is 1. The maximum atomic E-state index is 13.5. The summed E-state index contributed by atoms with van der Waals surface area (Å²) in [7, 11) is 6.01. The summed E-state index contributed by atoms with van der Waals surface area (Å²) in [6.07, 6.45) is 1.02. The zero-order valence-electron chi connectivity index (χ0n) is 20.9. The number of hydrogen-bond acceptors (Lipinski definition) is 9. The van der Waals surface area contributed by atoms with Gasteiger partial charge in [-0.15, -0.1) is 0 Å². The highest BCUT2D eigenvalue weighted by Gasteiger charge is 2.24. The van der Waals surface area contributed by atoms with E-state index >= 15 is 0 Å². The number of thiocarbonyl (C=S) groups is 1. The van der Waals surface area contributed by atoms with Gasteiger partial charge in [-0.2, -0.15) is 0 Å². The second-order valence-electron chi connectivity index (χ2n) is 8.14. The summed E-state index contributed by atoms with van der Waals surface area (Å²) in [5.74, 6) is 1.49. The maximum Gasteiger partial charge on any atom is 0.237 e. The van der Waals surface area contributed by atoms with Gasteiger partial charge in [-0.25, -0.2) is 0 Å². The Morgan fingerprint density at radius 3 is 2.17 bits per heavy atom. The first-order valence-electron chi connectivity index (χ1n) is 11.4. The van der Waals surface area contributed by atoms with Gasteiger partial charge in [0.2, 0.25) is 11.7 Å². The highest BCUT2D eigenvalue weighted by Crippen LogP contribution is 2.41. The molecular formula is C25H32N2O7S2. The van der Waals surface area contributed by atoms with Crippen LogP contribution in [0.2, 0.25) is 0 Å². The third-order valence-corrected chi connectivity index (χ3v) is 7.40. The fourth-order valence-corrected chi connectivity index (χ4v) is 5.03. The number of phenolic OH excluding ortho intramolecular Hbond substituents is 1. The first-order chi connectivity index (χ1) is 17.3. The number of aliphatic hydroxyl groups is 1. The van der Waals surface area contributed by atoms with Crippen LogP contribution >= 0.6 is 24.0 Å². The van der Waals surface area contributed by atoms with Crippen LogP contribution in [0.5, 0.6) is 28.7 Å². The van der Waals surface area contributed by atoms with Crippen LogP contribution in [0.3, 0.4) is 0 Å². The molecule has 0 bridgehead atoms. The Kier molecular flexibility index (Phi) is 9.91. The lowest BCUT2D eigenvalue weighted by Gasteiger charge is -2.31. The molecule has 196 valence electrons. The Morgan fingerprint density at radius 2 is 1.64 bits per heavy atom. The Labute approximate surface area is 220 Å². The van der Waals surface area contributed by atoms with E-state index in [0.717, 1.165) is 0 Å². The minimum Gasteiger partial charge on any atom is -0.504 e. The summed E-state index contributed by atoms with van der Waals surface area (Å²) in [5.41, 5.74) is 1.24. The SMILES string of the molecule is COc1ccc(CN(C(=O)CSC(=S)N2CCC(O)CC2)c2cc(OC)c(OC)c(OC)c2)cc1O. The van der Waals surface area contributed by atoms with E-state index in [1.807, 2.05) is 4.90 Å². The molecule has 2 N–H and O–H groups in total. The van der Waals surface area contributed by atoms with E-state index in [-0.39, 0.29) is 30.1 Å². The molecular weight excluding hydrogens is 504 g/mol. The fraction of sp³-hybridized carbons (Fsp3) is 0.440. The normalized spacial score (nSPS) is 13.8. The molecule has 9 nitrogen and oxygen atoms in total. The van der Waals surface area contributed by atoms with Gasteiger partial charge in [0.1, 0.15) is 4.32 Å². The van der Waals surface area contributed by atoms with Crippen molar-refractivity contribution in [1.29, 1.82) is 0 Å². The number of carbonyl (C=O) groups excluding carboxylic acids is 1. The average molecular weight is 537 g/mol. The Bertz CT molecular complexity index is 1050. The third kappa shape index (κ3) is 6.65. The predicted molar refractivity (Wildman–Crippen MR) is 144 cm³/mol.